The number of aromatic nitrogens is 1. The van der Waals surface area contributed by atoms with Gasteiger partial charge in [-0.2, -0.15) is 0 Å². The summed E-state index contributed by atoms with van der Waals surface area (Å²) in [7, 11) is 1.57. The summed E-state index contributed by atoms with van der Waals surface area (Å²) in [5.74, 6) is -1.24. The number of benzene rings is 2. The molecule has 168 valence electrons. The number of ether oxygens (including phenoxy) is 1. The standard InChI is InChI=1S/C24H22N4O4S/c1-32-12-11-25-21(29)15-27-14-16(18-9-5-6-10-20(18)27)13-19-22(30)26-24(33)28(23(19)31)17-7-3-2-4-8-17/h2-10,13-14H,11-12,15H2,1H3,(H,25,29)(H,26,30,33). The monoisotopic (exact) mass is 462 g/mol. The lowest BCUT2D eigenvalue weighted by molar-refractivity contribution is -0.123. The molecule has 4 rings (SSSR count). The van der Waals surface area contributed by atoms with Crippen molar-refractivity contribution < 1.29 is 19.1 Å². The second-order valence-corrected chi connectivity index (χ2v) is 7.75. The van der Waals surface area contributed by atoms with Crippen molar-refractivity contribution in [1.82, 2.24) is 15.2 Å². The van der Waals surface area contributed by atoms with Crippen molar-refractivity contribution >= 4 is 57.7 Å². The zero-order valence-electron chi connectivity index (χ0n) is 17.9. The molecule has 1 aliphatic heterocycles. The van der Waals surface area contributed by atoms with E-state index in [-0.39, 0.29) is 23.1 Å². The van der Waals surface area contributed by atoms with Gasteiger partial charge in [0.1, 0.15) is 12.1 Å². The molecular weight excluding hydrogens is 440 g/mol. The van der Waals surface area contributed by atoms with Crippen LogP contribution in [0.25, 0.3) is 17.0 Å². The van der Waals surface area contributed by atoms with Gasteiger partial charge >= 0.3 is 0 Å². The van der Waals surface area contributed by atoms with Gasteiger partial charge in [-0.05, 0) is 36.5 Å². The highest BCUT2D eigenvalue weighted by Gasteiger charge is 2.34. The fourth-order valence-corrected chi connectivity index (χ4v) is 3.93. The van der Waals surface area contributed by atoms with Crippen LogP contribution in [0.15, 0.2) is 66.4 Å². The van der Waals surface area contributed by atoms with E-state index in [1.807, 2.05) is 30.3 Å². The first-order valence-corrected chi connectivity index (χ1v) is 10.7. The molecule has 0 spiro atoms. The zero-order valence-corrected chi connectivity index (χ0v) is 18.7. The van der Waals surface area contributed by atoms with Crippen LogP contribution in [-0.4, -0.2) is 47.7 Å². The Balaban J connectivity index is 1.69. The highest BCUT2D eigenvalue weighted by molar-refractivity contribution is 7.80. The SMILES string of the molecule is COCCNC(=O)Cn1cc(C=C2C(=O)NC(=S)N(c3ccccc3)C2=O)c2ccccc21. The Bertz CT molecular complexity index is 1270. The van der Waals surface area contributed by atoms with E-state index in [1.54, 1.807) is 42.1 Å². The number of para-hydroxylation sites is 2. The van der Waals surface area contributed by atoms with E-state index in [0.717, 1.165) is 10.9 Å². The number of amides is 3. The molecule has 1 fully saturated rings. The van der Waals surface area contributed by atoms with Crippen LogP contribution in [0.1, 0.15) is 5.56 Å². The molecule has 1 aliphatic rings. The minimum Gasteiger partial charge on any atom is -0.383 e. The van der Waals surface area contributed by atoms with Gasteiger partial charge in [0.05, 0.1) is 12.3 Å². The van der Waals surface area contributed by atoms with Gasteiger partial charge in [0, 0.05) is 36.3 Å². The smallest absolute Gasteiger partial charge is 0.270 e. The molecule has 0 bridgehead atoms. The molecule has 2 N–H and O–H groups in total. The van der Waals surface area contributed by atoms with Crippen molar-refractivity contribution in [2.45, 2.75) is 6.54 Å². The molecule has 9 heteroatoms. The number of thiocarbonyl (C=S) groups is 1. The van der Waals surface area contributed by atoms with Gasteiger partial charge in [0.25, 0.3) is 11.8 Å². The predicted octanol–water partition coefficient (Wildman–Crippen LogP) is 2.24. The second kappa shape index (κ2) is 9.76. The molecule has 0 unspecified atom stereocenters. The lowest BCUT2D eigenvalue weighted by Crippen LogP contribution is -2.54. The molecule has 2 aromatic carbocycles. The average Bonchev–Trinajstić information content (AvgIpc) is 3.14. The van der Waals surface area contributed by atoms with Crippen LogP contribution in [0.5, 0.6) is 0 Å². The van der Waals surface area contributed by atoms with Crippen LogP contribution >= 0.6 is 12.2 Å². The number of hydrogen-bond acceptors (Lipinski definition) is 5. The second-order valence-electron chi connectivity index (χ2n) is 7.37. The van der Waals surface area contributed by atoms with Gasteiger partial charge in [-0.25, -0.2) is 0 Å². The molecule has 8 nitrogen and oxygen atoms in total. The molecule has 1 aromatic heterocycles. The third kappa shape index (κ3) is 4.69. The van der Waals surface area contributed by atoms with Crippen molar-refractivity contribution in [2.75, 3.05) is 25.2 Å². The molecule has 33 heavy (non-hydrogen) atoms. The Hall–Kier alpha value is -3.82. The largest absolute Gasteiger partial charge is 0.383 e. The number of carbonyl (C=O) groups is 3. The maximum atomic E-state index is 13.2. The summed E-state index contributed by atoms with van der Waals surface area (Å²) in [4.78, 5) is 39.5. The summed E-state index contributed by atoms with van der Waals surface area (Å²) in [5, 5.41) is 6.23. The van der Waals surface area contributed by atoms with Crippen molar-refractivity contribution in [2.24, 2.45) is 0 Å². The summed E-state index contributed by atoms with van der Waals surface area (Å²) in [6.45, 7) is 0.926. The van der Waals surface area contributed by atoms with Crippen molar-refractivity contribution in [3.05, 3.63) is 71.9 Å². The van der Waals surface area contributed by atoms with Crippen LogP contribution in [0.3, 0.4) is 0 Å². The fraction of sp³-hybridized carbons (Fsp3) is 0.167. The topological polar surface area (TPSA) is 92.7 Å². The van der Waals surface area contributed by atoms with E-state index in [4.69, 9.17) is 17.0 Å². The van der Waals surface area contributed by atoms with Crippen LogP contribution in [0.2, 0.25) is 0 Å². The summed E-state index contributed by atoms with van der Waals surface area (Å²) in [5.41, 5.74) is 1.98. The van der Waals surface area contributed by atoms with E-state index in [0.29, 0.717) is 24.4 Å². The number of hydrogen-bond donors (Lipinski definition) is 2. The van der Waals surface area contributed by atoms with Gasteiger partial charge in [-0.15, -0.1) is 0 Å². The van der Waals surface area contributed by atoms with E-state index < -0.39 is 11.8 Å². The number of carbonyl (C=O) groups excluding carboxylic acids is 3. The third-order valence-electron chi connectivity index (χ3n) is 5.18. The maximum Gasteiger partial charge on any atom is 0.270 e. The molecule has 3 amide bonds. The van der Waals surface area contributed by atoms with Crippen LogP contribution < -0.4 is 15.5 Å². The Morgan fingerprint density at radius 3 is 2.61 bits per heavy atom. The van der Waals surface area contributed by atoms with Gasteiger partial charge in [-0.3, -0.25) is 24.6 Å². The average molecular weight is 463 g/mol. The first kappa shape index (κ1) is 22.4. The highest BCUT2D eigenvalue weighted by Crippen LogP contribution is 2.26. The van der Waals surface area contributed by atoms with E-state index in [9.17, 15) is 14.4 Å². The summed E-state index contributed by atoms with van der Waals surface area (Å²) < 4.78 is 6.74. The maximum absolute atomic E-state index is 13.2. The predicted molar refractivity (Wildman–Crippen MR) is 129 cm³/mol. The molecule has 0 saturated carbocycles. The first-order chi connectivity index (χ1) is 16.0. The van der Waals surface area contributed by atoms with Gasteiger partial charge in [0.2, 0.25) is 5.91 Å². The molecule has 0 aliphatic carbocycles. The number of anilines is 1. The quantitative estimate of drug-likeness (QED) is 0.243. The molecule has 1 saturated heterocycles. The van der Waals surface area contributed by atoms with Gasteiger partial charge < -0.3 is 14.6 Å². The van der Waals surface area contributed by atoms with Crippen molar-refractivity contribution in [3.8, 4) is 0 Å². The zero-order chi connectivity index (χ0) is 23.4. The number of rotatable bonds is 7. The molecule has 0 radical (unpaired) electrons. The first-order valence-electron chi connectivity index (χ1n) is 10.3. The molecule has 0 atom stereocenters. The number of nitrogens with zero attached hydrogens (tertiary/aromatic N) is 2. The van der Waals surface area contributed by atoms with Gasteiger partial charge in [0.15, 0.2) is 5.11 Å². The molecule has 2 heterocycles. The lowest BCUT2D eigenvalue weighted by Gasteiger charge is -2.28. The Morgan fingerprint density at radius 1 is 1.12 bits per heavy atom. The normalized spacial score (nSPS) is 15.2. The Morgan fingerprint density at radius 2 is 1.85 bits per heavy atom. The summed E-state index contributed by atoms with van der Waals surface area (Å²) in [6, 6.07) is 16.4. The number of nitrogens with one attached hydrogen (secondary N) is 2. The van der Waals surface area contributed by atoms with Crippen molar-refractivity contribution in [3.63, 3.8) is 0 Å². The van der Waals surface area contributed by atoms with Crippen LogP contribution in [0, 0.1) is 0 Å². The summed E-state index contributed by atoms with van der Waals surface area (Å²) in [6.07, 6.45) is 3.30. The number of methoxy groups -OCH3 is 1. The van der Waals surface area contributed by atoms with E-state index in [1.165, 1.54) is 11.0 Å². The lowest BCUT2D eigenvalue weighted by atomic mass is 10.1. The summed E-state index contributed by atoms with van der Waals surface area (Å²) >= 11 is 5.24. The Kier molecular flexibility index (Phi) is 6.62. The van der Waals surface area contributed by atoms with E-state index >= 15 is 0 Å². The molecular formula is C24H22N4O4S. The fourth-order valence-electron chi connectivity index (χ4n) is 3.65. The van der Waals surface area contributed by atoms with E-state index in [2.05, 4.69) is 10.6 Å². The minimum atomic E-state index is -0.564. The number of fused-ring (bicyclic) bond motifs is 1. The third-order valence-corrected chi connectivity index (χ3v) is 5.46. The van der Waals surface area contributed by atoms with Crippen LogP contribution in [-0.2, 0) is 25.7 Å². The van der Waals surface area contributed by atoms with Crippen LogP contribution in [0.4, 0.5) is 5.69 Å². The highest BCUT2D eigenvalue weighted by atomic mass is 32.1. The minimum absolute atomic E-state index is 0.0310. The Labute approximate surface area is 195 Å². The molecule has 3 aromatic rings. The van der Waals surface area contributed by atoms with Crippen molar-refractivity contribution in [1.29, 1.82) is 0 Å². The van der Waals surface area contributed by atoms with Gasteiger partial charge in [-0.1, -0.05) is 36.4 Å².